The van der Waals surface area contributed by atoms with Crippen LogP contribution in [0.2, 0.25) is 0 Å². The predicted molar refractivity (Wildman–Crippen MR) is 20.5 cm³/mol. The van der Waals surface area contributed by atoms with Crippen molar-refractivity contribution < 1.29 is 39.5 Å². The molecule has 0 aromatic rings. The minimum atomic E-state index is -1.46. The quantitative estimate of drug-likeness (QED) is 0.222. The summed E-state index contributed by atoms with van der Waals surface area (Å²) in [5, 5.41) is 9.32. The number of halogens is 2. The molecule has 36 valence electrons. The molecule has 0 radical (unpaired) electrons. The molecule has 0 aliphatic heterocycles. The van der Waals surface area contributed by atoms with Gasteiger partial charge in [0.2, 0.25) is 0 Å². The zero-order valence-electron chi connectivity index (χ0n) is 3.65. The van der Waals surface area contributed by atoms with Crippen LogP contribution in [0, 0.1) is 0 Å². The van der Waals surface area contributed by atoms with Gasteiger partial charge < -0.3 is 9.90 Å². The maximum Gasteiger partial charge on any atom is 1.00 e. The van der Waals surface area contributed by atoms with Gasteiger partial charge >= 0.3 is 29.6 Å². The Morgan fingerprint density at radius 2 is 1.71 bits per heavy atom. The molecule has 0 atom stereocenters. The van der Waals surface area contributed by atoms with Crippen molar-refractivity contribution in [2.24, 2.45) is 0 Å². The number of hydrogen-bond acceptors (Lipinski definition) is 2. The van der Waals surface area contributed by atoms with E-state index in [1.54, 1.807) is 0 Å². The van der Waals surface area contributed by atoms with Crippen molar-refractivity contribution in [3.63, 3.8) is 0 Å². The van der Waals surface area contributed by atoms with Crippen molar-refractivity contribution in [2.75, 3.05) is 0 Å². The van der Waals surface area contributed by atoms with E-state index in [9.17, 15) is 9.90 Å². The Morgan fingerprint density at radius 3 is 1.71 bits per heavy atom. The first-order chi connectivity index (χ1) is 2.64. The largest absolute Gasteiger partial charge is 1.00 e. The zero-order chi connectivity index (χ0) is 5.15. The Hall–Kier alpha value is 1.05. The van der Waals surface area contributed by atoms with Crippen molar-refractivity contribution in [1.29, 1.82) is 0 Å². The normalized spacial score (nSPS) is 7.86. The summed E-state index contributed by atoms with van der Waals surface area (Å²) in [6.07, 6.45) is 0. The van der Waals surface area contributed by atoms with Crippen LogP contribution in [0.3, 0.4) is 0 Å². The number of carboxylic acid groups (broad SMARTS) is 1. The van der Waals surface area contributed by atoms with Gasteiger partial charge in [0, 0.05) is 0 Å². The Balaban J connectivity index is 0. The van der Waals surface area contributed by atoms with Crippen LogP contribution in [0.25, 0.3) is 0 Å². The standard InChI is InChI=1S/C2H2Cl2O2.Na/c3-1(4)2(5)6;/h1H,(H,5,6);/q;+1/p-1/i1+1;. The van der Waals surface area contributed by atoms with Crippen LogP contribution >= 0.6 is 23.2 Å². The van der Waals surface area contributed by atoms with Gasteiger partial charge in [0.25, 0.3) is 0 Å². The molecule has 0 aliphatic carbocycles. The molecule has 0 saturated carbocycles. The second-order valence-corrected chi connectivity index (χ2v) is 1.72. The number of carboxylic acids is 1. The van der Waals surface area contributed by atoms with Gasteiger partial charge in [-0.3, -0.25) is 0 Å². The zero-order valence-corrected chi connectivity index (χ0v) is 7.16. The third kappa shape index (κ3) is 7.05. The summed E-state index contributed by atoms with van der Waals surface area (Å²) in [4.78, 5) is 7.93. The molecular formula is C2HCl2NaO2. The summed E-state index contributed by atoms with van der Waals surface area (Å²) in [5.41, 5.74) is 0. The maximum atomic E-state index is 9.32. The molecule has 0 aromatic heterocycles. The fourth-order valence-electron chi connectivity index (χ4n) is 0. The molecule has 0 amide bonds. The summed E-state index contributed by atoms with van der Waals surface area (Å²) in [7, 11) is 0. The third-order valence-electron chi connectivity index (χ3n) is 0.178. The molecule has 0 bridgehead atoms. The maximum absolute atomic E-state index is 9.32. The van der Waals surface area contributed by atoms with Crippen LogP contribution in [-0.4, -0.2) is 10.8 Å². The second kappa shape index (κ2) is 5.19. The number of rotatable bonds is 1. The first-order valence-corrected chi connectivity index (χ1v) is 2.01. The van der Waals surface area contributed by atoms with E-state index in [4.69, 9.17) is 23.2 Å². The molecule has 0 N–H and O–H groups in total. The summed E-state index contributed by atoms with van der Waals surface area (Å²) < 4.78 is 0. The molecule has 0 unspecified atom stereocenters. The smallest absolute Gasteiger partial charge is 0.547 e. The average Bonchev–Trinajstić information content (AvgIpc) is 1.36. The minimum absolute atomic E-state index is 0. The van der Waals surface area contributed by atoms with E-state index >= 15 is 0 Å². The van der Waals surface area contributed by atoms with Gasteiger partial charge in [-0.05, 0) is 0 Å². The Kier molecular flexibility index (Phi) is 8.11. The summed E-state index contributed by atoms with van der Waals surface area (Å²) in [6, 6.07) is 0. The van der Waals surface area contributed by atoms with Crippen LogP contribution < -0.4 is 34.7 Å². The summed E-state index contributed by atoms with van der Waals surface area (Å²) >= 11 is 9.43. The number of alkyl halides is 2. The van der Waals surface area contributed by atoms with Gasteiger partial charge in [0.15, 0.2) is 0 Å². The number of carbonyl (C=O) groups is 1. The van der Waals surface area contributed by atoms with Crippen molar-refractivity contribution in [3.05, 3.63) is 0 Å². The monoisotopic (exact) mass is 151 g/mol. The van der Waals surface area contributed by atoms with Crippen molar-refractivity contribution >= 4 is 29.2 Å². The molecular weight excluding hydrogens is 151 g/mol. The van der Waals surface area contributed by atoms with Crippen LogP contribution in [0.15, 0.2) is 0 Å². The molecule has 5 heteroatoms. The van der Waals surface area contributed by atoms with Gasteiger partial charge in [-0.25, -0.2) is 0 Å². The molecule has 0 heterocycles. The third-order valence-corrected chi connectivity index (χ3v) is 0.535. The van der Waals surface area contributed by atoms with Crippen LogP contribution in [-0.2, 0) is 4.79 Å². The van der Waals surface area contributed by atoms with Crippen LogP contribution in [0.1, 0.15) is 0 Å². The fourth-order valence-corrected chi connectivity index (χ4v) is 0. The molecule has 2 nitrogen and oxygen atoms in total. The van der Waals surface area contributed by atoms with Crippen molar-refractivity contribution in [1.82, 2.24) is 0 Å². The molecule has 0 saturated heterocycles. The molecule has 0 aliphatic rings. The Morgan fingerprint density at radius 1 is 1.57 bits per heavy atom. The summed E-state index contributed by atoms with van der Waals surface area (Å²) in [6.45, 7) is 0. The molecule has 0 rings (SSSR count). The van der Waals surface area contributed by atoms with E-state index in [2.05, 4.69) is 0 Å². The Bertz CT molecular complexity index is 64.7. The SMILES string of the molecule is O=C([O-])[13CH](Cl)Cl.[Na+]. The first kappa shape index (κ1) is 10.9. The molecule has 0 aromatic carbocycles. The van der Waals surface area contributed by atoms with Crippen molar-refractivity contribution in [3.8, 4) is 0 Å². The van der Waals surface area contributed by atoms with Crippen LogP contribution in [0.4, 0.5) is 0 Å². The number of carbonyl (C=O) groups excluding carboxylic acids is 1. The molecule has 0 spiro atoms. The topological polar surface area (TPSA) is 40.1 Å². The average molecular weight is 152 g/mol. The summed E-state index contributed by atoms with van der Waals surface area (Å²) in [5.74, 6) is -1.46. The van der Waals surface area contributed by atoms with E-state index < -0.39 is 10.8 Å². The van der Waals surface area contributed by atoms with Gasteiger partial charge in [0.05, 0.1) is 5.97 Å². The Labute approximate surface area is 73.1 Å². The van der Waals surface area contributed by atoms with E-state index in [0.29, 0.717) is 0 Å². The second-order valence-electron chi connectivity index (χ2n) is 0.620. The first-order valence-electron chi connectivity index (χ1n) is 1.13. The van der Waals surface area contributed by atoms with Gasteiger partial charge in [0.1, 0.15) is 4.84 Å². The van der Waals surface area contributed by atoms with Gasteiger partial charge in [-0.15, -0.1) is 0 Å². The molecule has 0 fully saturated rings. The van der Waals surface area contributed by atoms with Crippen molar-refractivity contribution in [2.45, 2.75) is 4.84 Å². The van der Waals surface area contributed by atoms with E-state index in [1.165, 1.54) is 0 Å². The van der Waals surface area contributed by atoms with Crippen LogP contribution in [0.5, 0.6) is 0 Å². The van der Waals surface area contributed by atoms with E-state index in [0.717, 1.165) is 0 Å². The number of hydrogen-bond donors (Lipinski definition) is 0. The van der Waals surface area contributed by atoms with Gasteiger partial charge in [-0.1, -0.05) is 23.2 Å². The molecule has 7 heavy (non-hydrogen) atoms. The minimum Gasteiger partial charge on any atom is -0.547 e. The predicted octanol–water partition coefficient (Wildman–Crippen LogP) is -3.46. The van der Waals surface area contributed by atoms with E-state index in [1.807, 2.05) is 0 Å². The fraction of sp³-hybridized carbons (Fsp3) is 0.500. The van der Waals surface area contributed by atoms with E-state index in [-0.39, 0.29) is 29.6 Å². The number of aliphatic carboxylic acids is 1. The van der Waals surface area contributed by atoms with Gasteiger partial charge in [-0.2, -0.15) is 0 Å².